The summed E-state index contributed by atoms with van der Waals surface area (Å²) < 4.78 is 0. The summed E-state index contributed by atoms with van der Waals surface area (Å²) in [4.78, 5) is 21.1. The summed E-state index contributed by atoms with van der Waals surface area (Å²) in [5, 5.41) is 22.0. The Balaban J connectivity index is 1.53. The summed E-state index contributed by atoms with van der Waals surface area (Å²) in [7, 11) is 0. The number of nitrogens with zero attached hydrogens (tertiary/aromatic N) is 3. The van der Waals surface area contributed by atoms with Crippen LogP contribution in [0.2, 0.25) is 0 Å². The van der Waals surface area contributed by atoms with Crippen LogP contribution in [0.15, 0.2) is 36.8 Å². The van der Waals surface area contributed by atoms with Crippen LogP contribution in [-0.4, -0.2) is 51.1 Å². The molecule has 0 spiro atoms. The lowest BCUT2D eigenvalue weighted by Gasteiger charge is -2.36. The molecular weight excluding hydrogens is 306 g/mol. The molecule has 2 atom stereocenters. The van der Waals surface area contributed by atoms with Crippen molar-refractivity contribution in [1.29, 1.82) is 5.26 Å². The van der Waals surface area contributed by atoms with E-state index in [9.17, 15) is 9.90 Å². The van der Waals surface area contributed by atoms with E-state index in [0.29, 0.717) is 30.8 Å². The van der Waals surface area contributed by atoms with Gasteiger partial charge in [0.1, 0.15) is 11.8 Å². The second kappa shape index (κ2) is 7.25. The van der Waals surface area contributed by atoms with Crippen LogP contribution in [0.25, 0.3) is 0 Å². The Bertz CT molecular complexity index is 737. The molecule has 0 unspecified atom stereocenters. The summed E-state index contributed by atoms with van der Waals surface area (Å²) in [6, 6.07) is 7.01. The average molecular weight is 325 g/mol. The quantitative estimate of drug-likeness (QED) is 0.765. The number of hydrogen-bond donors (Lipinski definition) is 3. The van der Waals surface area contributed by atoms with Crippen molar-refractivity contribution >= 4 is 5.91 Å². The van der Waals surface area contributed by atoms with Gasteiger partial charge in [0.2, 0.25) is 0 Å². The number of carbonyl (C=O) groups is 1. The predicted molar refractivity (Wildman–Crippen MR) is 86.9 cm³/mol. The molecule has 0 aliphatic carbocycles. The third-order valence-electron chi connectivity index (χ3n) is 4.18. The van der Waals surface area contributed by atoms with Gasteiger partial charge < -0.3 is 15.4 Å². The monoisotopic (exact) mass is 325 g/mol. The van der Waals surface area contributed by atoms with E-state index >= 15 is 0 Å². The van der Waals surface area contributed by atoms with E-state index < -0.39 is 6.10 Å². The Labute approximate surface area is 139 Å². The topological polar surface area (TPSA) is 105 Å². The maximum atomic E-state index is 12.2. The summed E-state index contributed by atoms with van der Waals surface area (Å²) in [5.41, 5.74) is 2.03. The number of aliphatic hydroxyl groups is 1. The summed E-state index contributed by atoms with van der Waals surface area (Å²) in [6.07, 6.45) is 4.97. The van der Waals surface area contributed by atoms with E-state index in [2.05, 4.69) is 26.3 Å². The average Bonchev–Trinajstić information content (AvgIpc) is 3.05. The van der Waals surface area contributed by atoms with E-state index in [4.69, 9.17) is 5.26 Å². The molecule has 7 nitrogen and oxygen atoms in total. The van der Waals surface area contributed by atoms with Gasteiger partial charge >= 0.3 is 0 Å². The van der Waals surface area contributed by atoms with Crippen LogP contribution in [0.4, 0.5) is 0 Å². The standard InChI is InChI=1S/C17H19N5O2/c18-7-14-6-12(8-20-14)10-22-5-3-15(16(23)11-22)21-17(24)13-2-1-4-19-9-13/h1-2,4,6,8-9,15-16,20,23H,3,5,10-11H2,(H,21,24)/t15-,16-/m1/s1. The highest BCUT2D eigenvalue weighted by molar-refractivity contribution is 5.94. The second-order valence-electron chi connectivity index (χ2n) is 5.95. The molecule has 124 valence electrons. The van der Waals surface area contributed by atoms with Crippen LogP contribution in [0.3, 0.4) is 0 Å². The van der Waals surface area contributed by atoms with Gasteiger partial charge in [-0.15, -0.1) is 0 Å². The molecule has 0 saturated carbocycles. The van der Waals surface area contributed by atoms with Crippen molar-refractivity contribution in [2.75, 3.05) is 13.1 Å². The third-order valence-corrected chi connectivity index (χ3v) is 4.18. The maximum Gasteiger partial charge on any atom is 0.253 e. The number of nitriles is 1. The number of aromatic amines is 1. The van der Waals surface area contributed by atoms with Crippen LogP contribution in [0.1, 0.15) is 28.0 Å². The first-order chi connectivity index (χ1) is 11.7. The highest BCUT2D eigenvalue weighted by Crippen LogP contribution is 2.15. The molecule has 2 aromatic rings. The normalized spacial score (nSPS) is 21.2. The molecule has 0 bridgehead atoms. The van der Waals surface area contributed by atoms with Crippen molar-refractivity contribution in [2.24, 2.45) is 0 Å². The SMILES string of the molecule is N#Cc1cc(CN2CC[C@@H](NC(=O)c3cccnc3)[C@H](O)C2)c[nH]1. The lowest BCUT2D eigenvalue weighted by molar-refractivity contribution is 0.0350. The molecule has 3 rings (SSSR count). The largest absolute Gasteiger partial charge is 0.390 e. The maximum absolute atomic E-state index is 12.2. The fraction of sp³-hybridized carbons (Fsp3) is 0.353. The highest BCUT2D eigenvalue weighted by atomic mass is 16.3. The summed E-state index contributed by atoms with van der Waals surface area (Å²) in [6.45, 7) is 1.91. The Morgan fingerprint density at radius 3 is 3.12 bits per heavy atom. The first-order valence-corrected chi connectivity index (χ1v) is 7.84. The number of piperidine rings is 1. The zero-order valence-electron chi connectivity index (χ0n) is 13.1. The van der Waals surface area contributed by atoms with Crippen molar-refractivity contribution in [3.8, 4) is 6.07 Å². The van der Waals surface area contributed by atoms with Crippen molar-refractivity contribution in [3.63, 3.8) is 0 Å². The molecule has 1 fully saturated rings. The van der Waals surface area contributed by atoms with E-state index in [1.165, 1.54) is 6.20 Å². The van der Waals surface area contributed by atoms with E-state index in [1.54, 1.807) is 24.5 Å². The van der Waals surface area contributed by atoms with E-state index in [1.807, 2.05) is 6.07 Å². The number of H-pyrrole nitrogens is 1. The van der Waals surface area contributed by atoms with E-state index in [0.717, 1.165) is 12.1 Å². The molecule has 1 aliphatic heterocycles. The first kappa shape index (κ1) is 16.2. The van der Waals surface area contributed by atoms with Crippen molar-refractivity contribution in [1.82, 2.24) is 20.2 Å². The molecule has 3 heterocycles. The van der Waals surface area contributed by atoms with Gasteiger partial charge in [0.15, 0.2) is 0 Å². The molecule has 1 aliphatic rings. The van der Waals surface area contributed by atoms with Gasteiger partial charge in [-0.25, -0.2) is 0 Å². The zero-order valence-corrected chi connectivity index (χ0v) is 13.1. The van der Waals surface area contributed by atoms with Crippen LogP contribution >= 0.6 is 0 Å². The zero-order chi connectivity index (χ0) is 16.9. The highest BCUT2D eigenvalue weighted by Gasteiger charge is 2.29. The Morgan fingerprint density at radius 1 is 1.58 bits per heavy atom. The smallest absolute Gasteiger partial charge is 0.253 e. The Kier molecular flexibility index (Phi) is 4.89. The number of aromatic nitrogens is 2. The van der Waals surface area contributed by atoms with Gasteiger partial charge in [-0.1, -0.05) is 0 Å². The minimum absolute atomic E-state index is 0.218. The Morgan fingerprint density at radius 2 is 2.46 bits per heavy atom. The lowest BCUT2D eigenvalue weighted by Crippen LogP contribution is -2.53. The number of aliphatic hydroxyl groups excluding tert-OH is 1. The van der Waals surface area contributed by atoms with E-state index in [-0.39, 0.29) is 11.9 Å². The molecule has 7 heteroatoms. The van der Waals surface area contributed by atoms with Gasteiger partial charge in [0, 0.05) is 38.2 Å². The molecule has 3 N–H and O–H groups in total. The molecule has 2 aromatic heterocycles. The van der Waals surface area contributed by atoms with Gasteiger partial charge in [-0.2, -0.15) is 5.26 Å². The van der Waals surface area contributed by atoms with Crippen LogP contribution in [0, 0.1) is 11.3 Å². The van der Waals surface area contributed by atoms with Crippen LogP contribution in [-0.2, 0) is 6.54 Å². The molecule has 0 aromatic carbocycles. The number of likely N-dealkylation sites (tertiary alicyclic amines) is 1. The number of rotatable bonds is 4. The minimum atomic E-state index is -0.631. The number of pyridine rings is 1. The lowest BCUT2D eigenvalue weighted by atomic mass is 10.0. The molecule has 1 amide bonds. The number of hydrogen-bond acceptors (Lipinski definition) is 5. The number of carbonyl (C=O) groups excluding carboxylic acids is 1. The van der Waals surface area contributed by atoms with Gasteiger partial charge in [-0.3, -0.25) is 14.7 Å². The summed E-state index contributed by atoms with van der Waals surface area (Å²) >= 11 is 0. The molecule has 24 heavy (non-hydrogen) atoms. The molecular formula is C17H19N5O2. The molecule has 0 radical (unpaired) electrons. The van der Waals surface area contributed by atoms with Crippen molar-refractivity contribution in [3.05, 3.63) is 53.6 Å². The number of amides is 1. The molecule has 1 saturated heterocycles. The second-order valence-corrected chi connectivity index (χ2v) is 5.95. The Hall–Kier alpha value is -2.69. The predicted octanol–water partition coefficient (Wildman–Crippen LogP) is 0.647. The third kappa shape index (κ3) is 3.79. The minimum Gasteiger partial charge on any atom is -0.390 e. The van der Waals surface area contributed by atoms with Gasteiger partial charge in [-0.05, 0) is 30.2 Å². The summed E-state index contributed by atoms with van der Waals surface area (Å²) in [5.74, 6) is -0.218. The van der Waals surface area contributed by atoms with Gasteiger partial charge in [0.25, 0.3) is 5.91 Å². The number of β-amino-alcohol motifs (C(OH)–C–C–N with tert-alkyl or cyclic N) is 1. The number of nitrogens with one attached hydrogen (secondary N) is 2. The first-order valence-electron chi connectivity index (χ1n) is 7.84. The van der Waals surface area contributed by atoms with Crippen molar-refractivity contribution < 1.29 is 9.90 Å². The van der Waals surface area contributed by atoms with Gasteiger partial charge in [0.05, 0.1) is 17.7 Å². The van der Waals surface area contributed by atoms with Crippen LogP contribution < -0.4 is 5.32 Å². The fourth-order valence-electron chi connectivity index (χ4n) is 2.91. The van der Waals surface area contributed by atoms with Crippen LogP contribution in [0.5, 0.6) is 0 Å². The fourth-order valence-corrected chi connectivity index (χ4v) is 2.91. The van der Waals surface area contributed by atoms with Crippen molar-refractivity contribution in [2.45, 2.75) is 25.1 Å².